The molecule has 1 amide bonds. The van der Waals surface area contributed by atoms with Crippen molar-refractivity contribution in [2.45, 2.75) is 52.1 Å². The summed E-state index contributed by atoms with van der Waals surface area (Å²) in [5, 5.41) is 19.6. The van der Waals surface area contributed by atoms with Gasteiger partial charge in [0.2, 0.25) is 0 Å². The fraction of sp³-hybridized carbons (Fsp3) is 0.432. The Morgan fingerprint density at radius 3 is 2.18 bits per heavy atom. The zero-order valence-corrected chi connectivity index (χ0v) is 26.3. The first-order valence-corrected chi connectivity index (χ1v) is 15.8. The topological polar surface area (TPSA) is 82.5 Å². The van der Waals surface area contributed by atoms with Crippen LogP contribution in [0.2, 0.25) is 0 Å². The summed E-state index contributed by atoms with van der Waals surface area (Å²) in [5.74, 6) is 1.05. The predicted molar refractivity (Wildman–Crippen MR) is 175 cm³/mol. The molecule has 1 unspecified atom stereocenters. The van der Waals surface area contributed by atoms with Crippen molar-refractivity contribution < 1.29 is 24.5 Å². The number of phenols is 1. The van der Waals surface area contributed by atoms with Gasteiger partial charge in [0.05, 0.1) is 0 Å². The number of hydrogen-bond acceptors (Lipinski definition) is 6. The summed E-state index contributed by atoms with van der Waals surface area (Å²) in [7, 11) is 0. The van der Waals surface area contributed by atoms with Crippen molar-refractivity contribution in [2.24, 2.45) is 5.41 Å². The molecule has 0 saturated carbocycles. The molecule has 2 aliphatic heterocycles. The number of ether oxygens (including phenoxy) is 2. The molecule has 2 heterocycles. The Kier molecular flexibility index (Phi) is 9.97. The van der Waals surface area contributed by atoms with E-state index < -0.39 is 5.60 Å². The van der Waals surface area contributed by atoms with Crippen molar-refractivity contribution in [3.8, 4) is 11.5 Å². The highest BCUT2D eigenvalue weighted by molar-refractivity contribution is 5.98. The van der Waals surface area contributed by atoms with Crippen LogP contribution in [0.1, 0.15) is 63.1 Å². The first-order valence-electron chi connectivity index (χ1n) is 15.8. The van der Waals surface area contributed by atoms with Crippen LogP contribution in [-0.2, 0) is 4.74 Å². The normalized spacial score (nSPS) is 19.3. The summed E-state index contributed by atoms with van der Waals surface area (Å²) in [6.45, 7) is 10.8. The molecule has 0 aliphatic carbocycles. The van der Waals surface area contributed by atoms with Crippen LogP contribution in [0.5, 0.6) is 11.5 Å². The molecule has 0 bridgehead atoms. The number of nitrogens with zero attached hydrogens (tertiary/aromatic N) is 2. The number of aliphatic hydroxyl groups excluding tert-OH is 1. The lowest BCUT2D eigenvalue weighted by Gasteiger charge is -2.27. The Hall–Kier alpha value is -3.81. The van der Waals surface area contributed by atoms with Gasteiger partial charge in [-0.2, -0.15) is 0 Å². The van der Waals surface area contributed by atoms with Gasteiger partial charge in [0.15, 0.2) is 0 Å². The molecule has 1 atom stereocenters. The maximum Gasteiger partial charge on any atom is 0.410 e. The average molecular weight is 599 g/mol. The van der Waals surface area contributed by atoms with Crippen molar-refractivity contribution in [2.75, 3.05) is 45.9 Å². The zero-order chi connectivity index (χ0) is 31.2. The third-order valence-corrected chi connectivity index (χ3v) is 8.59. The number of hydrogen-bond donors (Lipinski definition) is 2. The molecule has 7 nitrogen and oxygen atoms in total. The predicted octanol–water partition coefficient (Wildman–Crippen LogP) is 6.84. The maximum atomic E-state index is 12.6. The summed E-state index contributed by atoms with van der Waals surface area (Å²) in [5.41, 5.74) is 5.09. The quantitative estimate of drug-likeness (QED) is 0.249. The number of likely N-dealkylation sites (tertiary alicyclic amines) is 2. The Balaban J connectivity index is 1.23. The largest absolute Gasteiger partial charge is 0.508 e. The van der Waals surface area contributed by atoms with E-state index in [1.54, 1.807) is 12.1 Å². The fourth-order valence-corrected chi connectivity index (χ4v) is 6.43. The summed E-state index contributed by atoms with van der Waals surface area (Å²) in [4.78, 5) is 16.9. The molecule has 2 N–H and O–H groups in total. The number of amides is 1. The number of aromatic hydroxyl groups is 1. The van der Waals surface area contributed by atoms with Gasteiger partial charge in [0, 0.05) is 38.2 Å². The standard InChI is InChI=1S/C37H46N2O5/c1-36(2,3)44-35(42)39-22-20-37(27-39)19-21-38(26-37)23-25-43-32-17-13-30(14-18-32)34(29-11-15-31(41)16-12-29)33(10-7-24-40)28-8-5-4-6-9-28/h4-6,8-9,11-18,40-41H,7,10,19-27H2,1-3H3/b34-33-. The average Bonchev–Trinajstić information content (AvgIpc) is 3.62. The van der Waals surface area contributed by atoms with Crippen LogP contribution in [0.4, 0.5) is 4.79 Å². The van der Waals surface area contributed by atoms with Crippen LogP contribution in [0.15, 0.2) is 78.9 Å². The van der Waals surface area contributed by atoms with Crippen molar-refractivity contribution in [3.05, 3.63) is 95.6 Å². The molecule has 3 aromatic carbocycles. The Labute approximate surface area is 261 Å². The highest BCUT2D eigenvalue weighted by Crippen LogP contribution is 2.40. The molecule has 234 valence electrons. The molecule has 2 fully saturated rings. The summed E-state index contributed by atoms with van der Waals surface area (Å²) in [6.07, 6.45) is 3.29. The van der Waals surface area contributed by atoms with Crippen LogP contribution >= 0.6 is 0 Å². The minimum atomic E-state index is -0.475. The van der Waals surface area contributed by atoms with Crippen LogP contribution in [0, 0.1) is 5.41 Å². The third kappa shape index (κ3) is 8.01. The minimum Gasteiger partial charge on any atom is -0.508 e. The summed E-state index contributed by atoms with van der Waals surface area (Å²) >= 11 is 0. The Morgan fingerprint density at radius 1 is 0.864 bits per heavy atom. The second-order valence-electron chi connectivity index (χ2n) is 13.1. The van der Waals surface area contributed by atoms with Crippen LogP contribution in [0.25, 0.3) is 11.1 Å². The van der Waals surface area contributed by atoms with E-state index in [0.717, 1.165) is 85.6 Å². The summed E-state index contributed by atoms with van der Waals surface area (Å²) < 4.78 is 11.8. The van der Waals surface area contributed by atoms with E-state index in [1.807, 2.05) is 68.1 Å². The number of carbonyl (C=O) groups is 1. The number of rotatable bonds is 10. The van der Waals surface area contributed by atoms with Crippen molar-refractivity contribution >= 4 is 17.2 Å². The second-order valence-corrected chi connectivity index (χ2v) is 13.1. The SMILES string of the molecule is CC(C)(C)OC(=O)N1CCC2(CCN(CCOc3ccc(/C(=C(/CCCO)c4ccccc4)c4ccc(O)cc4)cc3)C2)C1. The van der Waals surface area contributed by atoms with E-state index in [1.165, 1.54) is 0 Å². The van der Waals surface area contributed by atoms with Gasteiger partial charge in [0.25, 0.3) is 0 Å². The molecule has 1 spiro atoms. The monoisotopic (exact) mass is 598 g/mol. The van der Waals surface area contributed by atoms with Crippen molar-refractivity contribution in [3.63, 3.8) is 0 Å². The fourth-order valence-electron chi connectivity index (χ4n) is 6.43. The molecular formula is C37H46N2O5. The van der Waals surface area contributed by atoms with E-state index in [0.29, 0.717) is 13.0 Å². The highest BCUT2D eigenvalue weighted by Gasteiger charge is 2.45. The molecular weight excluding hydrogens is 552 g/mol. The van der Waals surface area contributed by atoms with Gasteiger partial charge >= 0.3 is 6.09 Å². The lowest BCUT2D eigenvalue weighted by Crippen LogP contribution is -2.38. The van der Waals surface area contributed by atoms with Gasteiger partial charge in [-0.1, -0.05) is 54.6 Å². The number of phenolic OH excluding ortho intramolecular Hbond substituents is 1. The smallest absolute Gasteiger partial charge is 0.410 e. The molecule has 2 saturated heterocycles. The van der Waals surface area contributed by atoms with E-state index in [4.69, 9.17) is 9.47 Å². The Bertz CT molecular complexity index is 1410. The third-order valence-electron chi connectivity index (χ3n) is 8.59. The molecule has 0 aromatic heterocycles. The van der Waals surface area contributed by atoms with Crippen LogP contribution in [-0.4, -0.2) is 77.6 Å². The lowest BCUT2D eigenvalue weighted by molar-refractivity contribution is 0.0273. The second kappa shape index (κ2) is 13.9. The van der Waals surface area contributed by atoms with E-state index >= 15 is 0 Å². The molecule has 44 heavy (non-hydrogen) atoms. The number of allylic oxidation sites excluding steroid dienone is 1. The van der Waals surface area contributed by atoms with Crippen molar-refractivity contribution in [1.82, 2.24) is 9.80 Å². The van der Waals surface area contributed by atoms with Gasteiger partial charge in [-0.05, 0) is 105 Å². The Morgan fingerprint density at radius 2 is 1.52 bits per heavy atom. The van der Waals surface area contributed by atoms with E-state index in [2.05, 4.69) is 29.2 Å². The van der Waals surface area contributed by atoms with Crippen LogP contribution < -0.4 is 4.74 Å². The number of benzene rings is 3. The molecule has 3 aromatic rings. The van der Waals surface area contributed by atoms with E-state index in [9.17, 15) is 15.0 Å². The first-order chi connectivity index (χ1) is 21.1. The van der Waals surface area contributed by atoms with Gasteiger partial charge < -0.3 is 24.6 Å². The molecule has 0 radical (unpaired) electrons. The molecule has 2 aliphatic rings. The number of aliphatic hydroxyl groups is 1. The van der Waals surface area contributed by atoms with Gasteiger partial charge in [-0.3, -0.25) is 4.90 Å². The van der Waals surface area contributed by atoms with Gasteiger partial charge in [-0.25, -0.2) is 4.79 Å². The molecule has 5 rings (SSSR count). The van der Waals surface area contributed by atoms with Crippen LogP contribution in [0.3, 0.4) is 0 Å². The van der Waals surface area contributed by atoms with Gasteiger partial charge in [0.1, 0.15) is 23.7 Å². The molecule has 7 heteroatoms. The highest BCUT2D eigenvalue weighted by atomic mass is 16.6. The maximum absolute atomic E-state index is 12.6. The lowest BCUT2D eigenvalue weighted by atomic mass is 9.86. The summed E-state index contributed by atoms with van der Waals surface area (Å²) in [6, 6.07) is 25.8. The van der Waals surface area contributed by atoms with E-state index in [-0.39, 0.29) is 23.9 Å². The zero-order valence-electron chi connectivity index (χ0n) is 26.3. The first kappa shape index (κ1) is 31.6. The van der Waals surface area contributed by atoms with Gasteiger partial charge in [-0.15, -0.1) is 0 Å². The number of carbonyl (C=O) groups excluding carboxylic acids is 1. The minimum absolute atomic E-state index is 0.117. The van der Waals surface area contributed by atoms with Crippen molar-refractivity contribution in [1.29, 1.82) is 0 Å².